The Balaban J connectivity index is 1.51. The predicted octanol–water partition coefficient (Wildman–Crippen LogP) is 2.48. The van der Waals surface area contributed by atoms with Crippen molar-refractivity contribution in [2.75, 3.05) is 42.9 Å². The van der Waals surface area contributed by atoms with Crippen LogP contribution in [-0.2, 0) is 4.79 Å². The van der Waals surface area contributed by atoms with Crippen LogP contribution in [0.25, 0.3) is 0 Å². The second-order valence-electron chi connectivity index (χ2n) is 6.04. The summed E-state index contributed by atoms with van der Waals surface area (Å²) in [6, 6.07) is 11.7. The van der Waals surface area contributed by atoms with Crippen molar-refractivity contribution >= 4 is 40.5 Å². The number of carbonyl (C=O) groups is 1. The van der Waals surface area contributed by atoms with E-state index in [1.54, 1.807) is 30.3 Å². The minimum absolute atomic E-state index is 0.0885. The van der Waals surface area contributed by atoms with Gasteiger partial charge in [-0.15, -0.1) is 0 Å². The first-order chi connectivity index (χ1) is 12.0. The number of piperazine rings is 1. The number of nitrogens with zero attached hydrogens (tertiary/aromatic N) is 1. The van der Waals surface area contributed by atoms with Crippen molar-refractivity contribution in [1.29, 1.82) is 0 Å². The lowest BCUT2D eigenvalue weighted by Crippen LogP contribution is -3.15. The van der Waals surface area contributed by atoms with Crippen molar-refractivity contribution < 1.29 is 14.1 Å². The molecule has 1 fully saturated rings. The highest BCUT2D eigenvalue weighted by Gasteiger charge is 2.22. The average molecular weight is 383 g/mol. The summed E-state index contributed by atoms with van der Waals surface area (Å²) < 4.78 is 13.0. The van der Waals surface area contributed by atoms with Gasteiger partial charge < -0.3 is 15.1 Å². The molecule has 1 saturated heterocycles. The Bertz CT molecular complexity index is 746. The van der Waals surface area contributed by atoms with Crippen molar-refractivity contribution in [2.24, 2.45) is 0 Å². The Morgan fingerprint density at radius 1 is 1.12 bits per heavy atom. The van der Waals surface area contributed by atoms with E-state index in [4.69, 9.17) is 23.2 Å². The average Bonchev–Trinajstić information content (AvgIpc) is 2.60. The molecule has 0 atom stereocenters. The van der Waals surface area contributed by atoms with Gasteiger partial charge in [-0.25, -0.2) is 4.39 Å². The maximum absolute atomic E-state index is 13.0. The van der Waals surface area contributed by atoms with E-state index in [9.17, 15) is 9.18 Å². The van der Waals surface area contributed by atoms with Crippen molar-refractivity contribution in [3.8, 4) is 0 Å². The first-order valence-electron chi connectivity index (χ1n) is 8.11. The Kier molecular flexibility index (Phi) is 5.78. The van der Waals surface area contributed by atoms with Gasteiger partial charge in [-0.2, -0.15) is 0 Å². The number of quaternary nitrogens is 1. The number of carbonyl (C=O) groups excluding carboxylic acids is 1. The zero-order valence-electron chi connectivity index (χ0n) is 13.6. The van der Waals surface area contributed by atoms with Crippen LogP contribution in [0.15, 0.2) is 42.5 Å². The zero-order valence-corrected chi connectivity index (χ0v) is 15.1. The van der Waals surface area contributed by atoms with Crippen LogP contribution in [0.2, 0.25) is 10.0 Å². The van der Waals surface area contributed by atoms with Gasteiger partial charge in [0.05, 0.1) is 41.9 Å². The second-order valence-corrected chi connectivity index (χ2v) is 6.82. The molecule has 2 aromatic rings. The van der Waals surface area contributed by atoms with Crippen molar-refractivity contribution in [1.82, 2.24) is 0 Å². The molecule has 1 aliphatic rings. The Labute approximate surface area is 156 Å². The molecular weight excluding hydrogens is 364 g/mol. The van der Waals surface area contributed by atoms with Crippen molar-refractivity contribution in [3.63, 3.8) is 0 Å². The molecule has 1 amide bonds. The molecule has 0 saturated carbocycles. The van der Waals surface area contributed by atoms with Gasteiger partial charge in [-0.05, 0) is 36.4 Å². The maximum Gasteiger partial charge on any atom is 0.279 e. The van der Waals surface area contributed by atoms with Crippen molar-refractivity contribution in [3.05, 3.63) is 58.3 Å². The molecule has 2 N–H and O–H groups in total. The molecule has 0 unspecified atom stereocenters. The molecule has 3 rings (SSSR count). The smallest absolute Gasteiger partial charge is 0.279 e. The molecule has 0 radical (unpaired) electrons. The first kappa shape index (κ1) is 18.0. The summed E-state index contributed by atoms with van der Waals surface area (Å²) in [6.45, 7) is 3.71. The van der Waals surface area contributed by atoms with Crippen LogP contribution in [0.1, 0.15) is 0 Å². The quantitative estimate of drug-likeness (QED) is 0.851. The number of benzene rings is 2. The third kappa shape index (κ3) is 4.63. The molecule has 4 nitrogen and oxygen atoms in total. The minimum Gasteiger partial charge on any atom is -0.360 e. The Hall–Kier alpha value is -1.82. The fraction of sp³-hybridized carbons (Fsp3) is 0.278. The van der Waals surface area contributed by atoms with Gasteiger partial charge in [-0.3, -0.25) is 4.79 Å². The molecule has 7 heteroatoms. The van der Waals surface area contributed by atoms with E-state index >= 15 is 0 Å². The van der Waals surface area contributed by atoms with Gasteiger partial charge in [0.1, 0.15) is 5.82 Å². The Morgan fingerprint density at radius 3 is 2.48 bits per heavy atom. The van der Waals surface area contributed by atoms with E-state index in [1.165, 1.54) is 17.0 Å². The van der Waals surface area contributed by atoms with Crippen molar-refractivity contribution in [2.45, 2.75) is 0 Å². The van der Waals surface area contributed by atoms with Gasteiger partial charge in [0.25, 0.3) is 5.91 Å². The summed E-state index contributed by atoms with van der Waals surface area (Å²) in [6.07, 6.45) is 0. The summed E-state index contributed by atoms with van der Waals surface area (Å²) >= 11 is 12.0. The fourth-order valence-electron chi connectivity index (χ4n) is 2.93. The third-order valence-corrected chi connectivity index (χ3v) is 5.12. The zero-order chi connectivity index (χ0) is 17.8. The number of halogens is 3. The van der Waals surface area contributed by atoms with Gasteiger partial charge in [0, 0.05) is 5.69 Å². The standard InChI is InChI=1S/C18H18Cl2FN3O/c19-15-2-1-3-16(18(15)20)22-17(25)12-23-8-10-24(11-9-23)14-6-4-13(21)5-7-14/h1-7H,8-12H2,(H,22,25)/p+1. The van der Waals surface area contributed by atoms with Crippen LogP contribution in [0.3, 0.4) is 0 Å². The van der Waals surface area contributed by atoms with Crippen LogP contribution < -0.4 is 15.1 Å². The number of hydrogen-bond donors (Lipinski definition) is 2. The molecule has 0 aromatic heterocycles. The van der Waals surface area contributed by atoms with E-state index < -0.39 is 0 Å². The molecular formula is C18H19Cl2FN3O+. The monoisotopic (exact) mass is 382 g/mol. The second kappa shape index (κ2) is 8.04. The molecule has 0 spiro atoms. The van der Waals surface area contributed by atoms with Crippen LogP contribution in [-0.4, -0.2) is 38.6 Å². The number of rotatable bonds is 4. The van der Waals surface area contributed by atoms with Crippen LogP contribution in [0.4, 0.5) is 15.8 Å². The normalized spacial score (nSPS) is 15.2. The van der Waals surface area contributed by atoms with E-state index in [-0.39, 0.29) is 11.7 Å². The molecule has 0 aliphatic carbocycles. The first-order valence-corrected chi connectivity index (χ1v) is 8.86. The largest absolute Gasteiger partial charge is 0.360 e. The fourth-order valence-corrected chi connectivity index (χ4v) is 3.28. The lowest BCUT2D eigenvalue weighted by atomic mass is 10.2. The summed E-state index contributed by atoms with van der Waals surface area (Å²) in [5.41, 5.74) is 1.54. The summed E-state index contributed by atoms with van der Waals surface area (Å²) in [4.78, 5) is 15.7. The lowest BCUT2D eigenvalue weighted by molar-refractivity contribution is -0.892. The van der Waals surface area contributed by atoms with Crippen LogP contribution in [0, 0.1) is 5.82 Å². The molecule has 132 valence electrons. The highest BCUT2D eigenvalue weighted by molar-refractivity contribution is 6.43. The van der Waals surface area contributed by atoms with Gasteiger partial charge in [0.2, 0.25) is 0 Å². The predicted molar refractivity (Wildman–Crippen MR) is 99.3 cm³/mol. The molecule has 0 bridgehead atoms. The van der Waals surface area contributed by atoms with Crippen LogP contribution >= 0.6 is 23.2 Å². The summed E-state index contributed by atoms with van der Waals surface area (Å²) in [5.74, 6) is -0.321. The van der Waals surface area contributed by atoms with Gasteiger partial charge >= 0.3 is 0 Å². The lowest BCUT2D eigenvalue weighted by Gasteiger charge is -2.33. The topological polar surface area (TPSA) is 36.8 Å². The number of hydrogen-bond acceptors (Lipinski definition) is 2. The number of amides is 1. The van der Waals surface area contributed by atoms with E-state index in [0.717, 1.165) is 31.9 Å². The van der Waals surface area contributed by atoms with E-state index in [1.807, 2.05) is 0 Å². The highest BCUT2D eigenvalue weighted by atomic mass is 35.5. The third-order valence-electron chi connectivity index (χ3n) is 4.30. The summed E-state index contributed by atoms with van der Waals surface area (Å²) in [5, 5.41) is 3.59. The molecule has 2 aromatic carbocycles. The van der Waals surface area contributed by atoms with E-state index in [2.05, 4.69) is 10.2 Å². The minimum atomic E-state index is -0.232. The van der Waals surface area contributed by atoms with Gasteiger partial charge in [-0.1, -0.05) is 29.3 Å². The van der Waals surface area contributed by atoms with E-state index in [0.29, 0.717) is 22.3 Å². The molecule has 1 aliphatic heterocycles. The SMILES string of the molecule is O=C(C[NH+]1CCN(c2ccc(F)cc2)CC1)Nc1cccc(Cl)c1Cl. The maximum atomic E-state index is 13.0. The summed E-state index contributed by atoms with van der Waals surface area (Å²) in [7, 11) is 0. The Morgan fingerprint density at radius 2 is 1.80 bits per heavy atom. The van der Waals surface area contributed by atoms with Gasteiger partial charge in [0.15, 0.2) is 6.54 Å². The molecule has 1 heterocycles. The molecule has 25 heavy (non-hydrogen) atoms. The highest BCUT2D eigenvalue weighted by Crippen LogP contribution is 2.29. The van der Waals surface area contributed by atoms with Crippen LogP contribution in [0.5, 0.6) is 0 Å². The number of nitrogens with one attached hydrogen (secondary N) is 2. The number of anilines is 2.